The van der Waals surface area contributed by atoms with Gasteiger partial charge in [-0.15, -0.1) is 0 Å². The molecule has 0 aliphatic heterocycles. The Labute approximate surface area is 119 Å². The van der Waals surface area contributed by atoms with Crippen LogP contribution in [0, 0.1) is 23.6 Å². The maximum Gasteiger partial charge on any atom is 0.123 e. The van der Waals surface area contributed by atoms with Crippen molar-refractivity contribution in [2.75, 3.05) is 0 Å². The highest BCUT2D eigenvalue weighted by Gasteiger charge is 2.40. The molecule has 104 valence electrons. The van der Waals surface area contributed by atoms with Crippen LogP contribution in [-0.4, -0.2) is 4.98 Å². The monoisotopic (exact) mass is 269 g/mol. The van der Waals surface area contributed by atoms with Gasteiger partial charge in [0, 0.05) is 11.6 Å². The van der Waals surface area contributed by atoms with E-state index >= 15 is 0 Å². The second-order valence-corrected chi connectivity index (χ2v) is 6.83. The van der Waals surface area contributed by atoms with Crippen molar-refractivity contribution in [1.29, 1.82) is 0 Å². The Hall–Kier alpha value is -1.44. The molecule has 2 aliphatic carbocycles. The molecule has 20 heavy (non-hydrogen) atoms. The van der Waals surface area contributed by atoms with Gasteiger partial charge in [0.25, 0.3) is 0 Å². The van der Waals surface area contributed by atoms with E-state index in [2.05, 4.69) is 18.0 Å². The average Bonchev–Trinajstić information content (AvgIpc) is 2.95. The Balaban J connectivity index is 1.71. The summed E-state index contributed by atoms with van der Waals surface area (Å²) in [5.41, 5.74) is 2.24. The van der Waals surface area contributed by atoms with E-state index in [1.807, 2.05) is 6.20 Å². The minimum absolute atomic E-state index is 0.154. The van der Waals surface area contributed by atoms with Crippen molar-refractivity contribution in [1.82, 2.24) is 4.98 Å². The smallest absolute Gasteiger partial charge is 0.123 e. The number of hydrogen-bond donors (Lipinski definition) is 0. The predicted molar refractivity (Wildman–Crippen MR) is 79.1 cm³/mol. The van der Waals surface area contributed by atoms with Crippen molar-refractivity contribution in [3.8, 4) is 0 Å². The van der Waals surface area contributed by atoms with Gasteiger partial charge in [-0.3, -0.25) is 4.98 Å². The largest absolute Gasteiger partial charge is 0.256 e. The summed E-state index contributed by atoms with van der Waals surface area (Å²) < 4.78 is 13.6. The molecule has 2 fully saturated rings. The van der Waals surface area contributed by atoms with Crippen molar-refractivity contribution < 1.29 is 4.39 Å². The van der Waals surface area contributed by atoms with Crippen molar-refractivity contribution >= 4 is 10.9 Å². The van der Waals surface area contributed by atoms with Crippen LogP contribution in [0.15, 0.2) is 30.5 Å². The van der Waals surface area contributed by atoms with E-state index in [0.717, 1.165) is 28.7 Å². The Morgan fingerprint density at radius 2 is 1.80 bits per heavy atom. The van der Waals surface area contributed by atoms with Gasteiger partial charge in [0.15, 0.2) is 0 Å². The zero-order chi connectivity index (χ0) is 13.7. The zero-order valence-corrected chi connectivity index (χ0v) is 11.8. The highest BCUT2D eigenvalue weighted by Crippen LogP contribution is 2.52. The van der Waals surface area contributed by atoms with E-state index in [1.54, 1.807) is 12.1 Å². The second-order valence-electron chi connectivity index (χ2n) is 6.83. The fraction of sp³-hybridized carbons (Fsp3) is 0.500. The van der Waals surface area contributed by atoms with E-state index in [-0.39, 0.29) is 5.82 Å². The third kappa shape index (κ3) is 1.93. The van der Waals surface area contributed by atoms with Crippen molar-refractivity contribution in [2.45, 2.75) is 38.5 Å². The Kier molecular flexibility index (Phi) is 2.80. The van der Waals surface area contributed by atoms with Crippen LogP contribution in [0.4, 0.5) is 4.39 Å². The van der Waals surface area contributed by atoms with Gasteiger partial charge in [-0.25, -0.2) is 4.39 Å². The van der Waals surface area contributed by atoms with Gasteiger partial charge in [0.05, 0.1) is 5.52 Å². The zero-order valence-electron chi connectivity index (χ0n) is 11.8. The molecule has 0 spiro atoms. The maximum atomic E-state index is 13.6. The van der Waals surface area contributed by atoms with Gasteiger partial charge in [-0.05, 0) is 79.2 Å². The number of halogens is 1. The minimum Gasteiger partial charge on any atom is -0.256 e. The number of aromatic nitrogens is 1. The van der Waals surface area contributed by atoms with Crippen LogP contribution in [-0.2, 0) is 0 Å². The number of benzene rings is 1. The van der Waals surface area contributed by atoms with Crippen LogP contribution in [0.25, 0.3) is 10.9 Å². The van der Waals surface area contributed by atoms with Gasteiger partial charge in [-0.2, -0.15) is 0 Å². The normalized spacial score (nSPS) is 32.7. The van der Waals surface area contributed by atoms with Gasteiger partial charge in [0.2, 0.25) is 0 Å². The fourth-order valence-corrected chi connectivity index (χ4v) is 4.67. The van der Waals surface area contributed by atoms with E-state index in [1.165, 1.54) is 37.3 Å². The molecule has 0 N–H and O–H groups in total. The van der Waals surface area contributed by atoms with E-state index < -0.39 is 0 Å². The molecular weight excluding hydrogens is 249 g/mol. The van der Waals surface area contributed by atoms with Crippen molar-refractivity contribution in [3.05, 3.63) is 41.8 Å². The van der Waals surface area contributed by atoms with Crippen molar-refractivity contribution in [2.24, 2.45) is 17.8 Å². The highest BCUT2D eigenvalue weighted by molar-refractivity contribution is 5.82. The van der Waals surface area contributed by atoms with Crippen LogP contribution in [0.1, 0.15) is 44.1 Å². The summed E-state index contributed by atoms with van der Waals surface area (Å²) in [6.45, 7) is 2.38. The summed E-state index contributed by atoms with van der Waals surface area (Å²) in [5, 5.41) is 1.02. The molecule has 4 rings (SSSR count). The first kappa shape index (κ1) is 12.3. The lowest BCUT2D eigenvalue weighted by atomic mass is 9.91. The van der Waals surface area contributed by atoms with Gasteiger partial charge >= 0.3 is 0 Å². The molecule has 0 amide bonds. The van der Waals surface area contributed by atoms with Gasteiger partial charge < -0.3 is 0 Å². The lowest BCUT2D eigenvalue weighted by molar-refractivity contribution is 0.457. The molecule has 1 aromatic carbocycles. The first-order valence-electron chi connectivity index (χ1n) is 7.75. The molecule has 1 heterocycles. The molecular formula is C18H20FN. The lowest BCUT2D eigenvalue weighted by Crippen LogP contribution is -1.99. The number of hydrogen-bond acceptors (Lipinski definition) is 1. The summed E-state index contributed by atoms with van der Waals surface area (Å²) in [7, 11) is 0. The van der Waals surface area contributed by atoms with Crippen molar-refractivity contribution in [3.63, 3.8) is 0 Å². The van der Waals surface area contributed by atoms with Gasteiger partial charge in [-0.1, -0.05) is 6.92 Å². The average molecular weight is 269 g/mol. The molecule has 4 atom stereocenters. The standard InChI is InChI=1S/C18H20FN/c1-11-6-12-8-14(9-13(12)7-11)16-4-5-20-18-3-2-15(19)10-17(16)18/h2-5,10-14H,6-9H2,1H3/t11?,12-,13+,14+. The molecule has 2 aliphatic rings. The molecule has 1 aromatic heterocycles. The van der Waals surface area contributed by atoms with E-state index in [0.29, 0.717) is 5.92 Å². The van der Waals surface area contributed by atoms with Gasteiger partial charge in [0.1, 0.15) is 5.82 Å². The Morgan fingerprint density at radius 3 is 2.55 bits per heavy atom. The van der Waals surface area contributed by atoms with E-state index in [4.69, 9.17) is 0 Å². The Morgan fingerprint density at radius 1 is 1.05 bits per heavy atom. The molecule has 2 saturated carbocycles. The summed E-state index contributed by atoms with van der Waals surface area (Å²) in [5.74, 6) is 3.14. The molecule has 1 unspecified atom stereocenters. The summed E-state index contributed by atoms with van der Waals surface area (Å²) >= 11 is 0. The number of rotatable bonds is 1. The van der Waals surface area contributed by atoms with E-state index in [9.17, 15) is 4.39 Å². The first-order chi connectivity index (χ1) is 9.70. The summed E-state index contributed by atoms with van der Waals surface area (Å²) in [6, 6.07) is 7.07. The molecule has 0 bridgehead atoms. The molecule has 2 aromatic rings. The molecule has 1 nitrogen and oxygen atoms in total. The number of fused-ring (bicyclic) bond motifs is 2. The third-order valence-electron chi connectivity index (χ3n) is 5.43. The topological polar surface area (TPSA) is 12.9 Å². The summed E-state index contributed by atoms with van der Waals surface area (Å²) in [6.07, 6.45) is 7.22. The molecule has 0 saturated heterocycles. The summed E-state index contributed by atoms with van der Waals surface area (Å²) in [4.78, 5) is 4.37. The third-order valence-corrected chi connectivity index (χ3v) is 5.43. The molecule has 0 radical (unpaired) electrons. The maximum absolute atomic E-state index is 13.6. The van der Waals surface area contributed by atoms with Crippen LogP contribution in [0.2, 0.25) is 0 Å². The Bertz CT molecular complexity index is 637. The lowest BCUT2D eigenvalue weighted by Gasteiger charge is -2.15. The predicted octanol–water partition coefficient (Wildman–Crippen LogP) is 4.91. The SMILES string of the molecule is CC1C[C@@H]2C[C@H](c3ccnc4ccc(F)cc34)C[C@@H]2C1. The quantitative estimate of drug-likeness (QED) is 0.716. The van der Waals surface area contributed by atoms with Crippen LogP contribution in [0.3, 0.4) is 0 Å². The minimum atomic E-state index is -0.154. The first-order valence-corrected chi connectivity index (χ1v) is 7.75. The molecule has 2 heteroatoms. The number of nitrogens with zero attached hydrogens (tertiary/aromatic N) is 1. The fourth-order valence-electron chi connectivity index (χ4n) is 4.67. The second kappa shape index (κ2) is 4.54. The number of pyridine rings is 1. The van der Waals surface area contributed by atoms with Crippen LogP contribution >= 0.6 is 0 Å². The van der Waals surface area contributed by atoms with Crippen LogP contribution in [0.5, 0.6) is 0 Å². The highest BCUT2D eigenvalue weighted by atomic mass is 19.1. The van der Waals surface area contributed by atoms with Crippen LogP contribution < -0.4 is 0 Å².